The third-order valence-electron chi connectivity index (χ3n) is 2.55. The molecular formula is C14H18N4O. The minimum atomic E-state index is 0.0637. The van der Waals surface area contributed by atoms with Crippen LogP contribution in [0.2, 0.25) is 0 Å². The van der Waals surface area contributed by atoms with Crippen LogP contribution in [0.3, 0.4) is 0 Å². The van der Waals surface area contributed by atoms with Crippen molar-refractivity contribution in [3.63, 3.8) is 0 Å². The van der Waals surface area contributed by atoms with Crippen LogP contribution >= 0.6 is 0 Å². The van der Waals surface area contributed by atoms with Gasteiger partial charge >= 0.3 is 0 Å². The summed E-state index contributed by atoms with van der Waals surface area (Å²) in [6.07, 6.45) is 5.11. The van der Waals surface area contributed by atoms with E-state index in [9.17, 15) is 0 Å². The second-order valence-electron chi connectivity index (χ2n) is 4.50. The van der Waals surface area contributed by atoms with Crippen molar-refractivity contribution >= 4 is 5.82 Å². The fourth-order valence-electron chi connectivity index (χ4n) is 1.63. The molecule has 19 heavy (non-hydrogen) atoms. The van der Waals surface area contributed by atoms with Gasteiger partial charge in [0, 0.05) is 18.6 Å². The summed E-state index contributed by atoms with van der Waals surface area (Å²) >= 11 is 0. The monoisotopic (exact) mass is 258 g/mol. The number of hydrogen-bond acceptors (Lipinski definition) is 5. The quantitative estimate of drug-likeness (QED) is 0.893. The molecule has 0 atom stereocenters. The molecule has 0 spiro atoms. The zero-order chi connectivity index (χ0) is 13.7. The van der Waals surface area contributed by atoms with Crippen molar-refractivity contribution in [2.24, 2.45) is 0 Å². The fourth-order valence-corrected chi connectivity index (χ4v) is 1.63. The molecule has 1 N–H and O–H groups in total. The van der Waals surface area contributed by atoms with Crippen molar-refractivity contribution in [3.8, 4) is 5.88 Å². The normalized spacial score (nSPS) is 10.5. The number of rotatable bonds is 5. The Morgan fingerprint density at radius 1 is 1.16 bits per heavy atom. The maximum absolute atomic E-state index is 5.61. The van der Waals surface area contributed by atoms with Gasteiger partial charge in [-0.25, -0.2) is 9.97 Å². The van der Waals surface area contributed by atoms with Crippen LogP contribution in [0.4, 0.5) is 5.82 Å². The Labute approximate surface area is 113 Å². The van der Waals surface area contributed by atoms with Crippen LogP contribution in [-0.4, -0.2) is 21.1 Å². The molecule has 0 saturated carbocycles. The average molecular weight is 258 g/mol. The molecule has 0 unspecified atom stereocenters. The van der Waals surface area contributed by atoms with Crippen molar-refractivity contribution in [1.29, 1.82) is 0 Å². The zero-order valence-electron chi connectivity index (χ0n) is 11.4. The number of nitrogens with zero attached hydrogens (tertiary/aromatic N) is 3. The second-order valence-corrected chi connectivity index (χ2v) is 4.50. The molecule has 0 amide bonds. The predicted octanol–water partition coefficient (Wildman–Crippen LogP) is 2.58. The van der Waals surface area contributed by atoms with Gasteiger partial charge in [0.05, 0.1) is 18.3 Å². The Bertz CT molecular complexity index is 542. The fraction of sp³-hybridized carbons (Fsp3) is 0.357. The van der Waals surface area contributed by atoms with Gasteiger partial charge in [0.2, 0.25) is 0 Å². The molecule has 0 aliphatic carbocycles. The lowest BCUT2D eigenvalue weighted by Gasteiger charge is -2.13. The first-order valence-corrected chi connectivity index (χ1v) is 6.29. The molecular weight excluding hydrogens is 240 g/mol. The molecule has 5 heteroatoms. The second kappa shape index (κ2) is 6.13. The summed E-state index contributed by atoms with van der Waals surface area (Å²) in [5, 5.41) is 3.21. The van der Waals surface area contributed by atoms with Gasteiger partial charge < -0.3 is 10.1 Å². The van der Waals surface area contributed by atoms with E-state index in [2.05, 4.69) is 20.3 Å². The number of anilines is 1. The highest BCUT2D eigenvalue weighted by molar-refractivity contribution is 5.45. The largest absolute Gasteiger partial charge is 0.472 e. The number of hydrogen-bond donors (Lipinski definition) is 1. The average Bonchev–Trinajstić information content (AvgIpc) is 2.39. The number of ether oxygens (including phenoxy) is 1. The van der Waals surface area contributed by atoms with Gasteiger partial charge in [0.25, 0.3) is 5.88 Å². The molecule has 0 bridgehead atoms. The SMILES string of the molecule is Cc1cccnc1CNc1nccnc1OC(C)C. The van der Waals surface area contributed by atoms with Crippen LogP contribution in [0.15, 0.2) is 30.7 Å². The standard InChI is InChI=1S/C14H18N4O/c1-10(2)19-14-13(16-7-8-17-14)18-9-12-11(3)5-4-6-15-12/h4-8,10H,9H2,1-3H3,(H,16,18). The van der Waals surface area contributed by atoms with Crippen LogP contribution in [0.1, 0.15) is 25.1 Å². The summed E-state index contributed by atoms with van der Waals surface area (Å²) in [4.78, 5) is 12.8. The maximum Gasteiger partial charge on any atom is 0.257 e. The van der Waals surface area contributed by atoms with Crippen LogP contribution in [-0.2, 0) is 6.54 Å². The minimum Gasteiger partial charge on any atom is -0.472 e. The van der Waals surface area contributed by atoms with E-state index < -0.39 is 0 Å². The Morgan fingerprint density at radius 2 is 1.95 bits per heavy atom. The summed E-state index contributed by atoms with van der Waals surface area (Å²) in [6.45, 7) is 6.55. The van der Waals surface area contributed by atoms with Crippen LogP contribution in [0.5, 0.6) is 5.88 Å². The molecule has 2 aromatic rings. The van der Waals surface area contributed by atoms with Gasteiger partial charge in [-0.1, -0.05) is 6.07 Å². The van der Waals surface area contributed by atoms with Crippen molar-refractivity contribution in [3.05, 3.63) is 42.0 Å². The van der Waals surface area contributed by atoms with Crippen LogP contribution < -0.4 is 10.1 Å². The van der Waals surface area contributed by atoms with Gasteiger partial charge in [-0.3, -0.25) is 4.98 Å². The van der Waals surface area contributed by atoms with Gasteiger partial charge in [-0.05, 0) is 32.4 Å². The molecule has 2 aromatic heterocycles. The van der Waals surface area contributed by atoms with Crippen molar-refractivity contribution in [1.82, 2.24) is 15.0 Å². The third kappa shape index (κ3) is 3.64. The molecule has 0 aliphatic heterocycles. The van der Waals surface area contributed by atoms with Crippen molar-refractivity contribution < 1.29 is 4.74 Å². The van der Waals surface area contributed by atoms with E-state index in [1.165, 1.54) is 0 Å². The van der Waals surface area contributed by atoms with E-state index in [4.69, 9.17) is 4.74 Å². The first kappa shape index (κ1) is 13.3. The molecule has 2 rings (SSSR count). The summed E-state index contributed by atoms with van der Waals surface area (Å²) in [7, 11) is 0. The lowest BCUT2D eigenvalue weighted by atomic mass is 10.2. The Balaban J connectivity index is 2.09. The molecule has 0 saturated heterocycles. The Hall–Kier alpha value is -2.17. The lowest BCUT2D eigenvalue weighted by Crippen LogP contribution is -2.11. The summed E-state index contributed by atoms with van der Waals surface area (Å²) in [6, 6.07) is 3.96. The highest BCUT2D eigenvalue weighted by atomic mass is 16.5. The zero-order valence-corrected chi connectivity index (χ0v) is 11.4. The van der Waals surface area contributed by atoms with Crippen LogP contribution in [0, 0.1) is 6.92 Å². The highest BCUT2D eigenvalue weighted by Gasteiger charge is 2.08. The lowest BCUT2D eigenvalue weighted by molar-refractivity contribution is 0.233. The van der Waals surface area contributed by atoms with Gasteiger partial charge in [-0.15, -0.1) is 0 Å². The predicted molar refractivity (Wildman–Crippen MR) is 74.1 cm³/mol. The number of aryl methyl sites for hydroxylation is 1. The molecule has 100 valence electrons. The maximum atomic E-state index is 5.61. The summed E-state index contributed by atoms with van der Waals surface area (Å²) in [5.74, 6) is 1.16. The van der Waals surface area contributed by atoms with E-state index in [0.29, 0.717) is 18.2 Å². The topological polar surface area (TPSA) is 59.9 Å². The molecule has 0 fully saturated rings. The van der Waals surface area contributed by atoms with E-state index in [-0.39, 0.29) is 6.10 Å². The smallest absolute Gasteiger partial charge is 0.257 e. The van der Waals surface area contributed by atoms with E-state index in [0.717, 1.165) is 11.3 Å². The van der Waals surface area contributed by atoms with E-state index in [1.807, 2.05) is 32.9 Å². The molecule has 5 nitrogen and oxygen atoms in total. The molecule has 0 aromatic carbocycles. The number of pyridine rings is 1. The summed E-state index contributed by atoms with van der Waals surface area (Å²) < 4.78 is 5.61. The van der Waals surface area contributed by atoms with E-state index >= 15 is 0 Å². The molecule has 2 heterocycles. The highest BCUT2D eigenvalue weighted by Crippen LogP contribution is 2.19. The van der Waals surface area contributed by atoms with Crippen LogP contribution in [0.25, 0.3) is 0 Å². The van der Waals surface area contributed by atoms with Crippen molar-refractivity contribution in [2.75, 3.05) is 5.32 Å². The van der Waals surface area contributed by atoms with Crippen molar-refractivity contribution in [2.45, 2.75) is 33.4 Å². The first-order valence-electron chi connectivity index (χ1n) is 6.29. The number of aromatic nitrogens is 3. The molecule has 0 radical (unpaired) electrons. The van der Waals surface area contributed by atoms with E-state index in [1.54, 1.807) is 18.6 Å². The Kier molecular flexibility index (Phi) is 4.28. The Morgan fingerprint density at radius 3 is 2.68 bits per heavy atom. The number of nitrogens with one attached hydrogen (secondary N) is 1. The minimum absolute atomic E-state index is 0.0637. The summed E-state index contributed by atoms with van der Waals surface area (Å²) in [5.41, 5.74) is 2.13. The van der Waals surface area contributed by atoms with Gasteiger partial charge in [-0.2, -0.15) is 0 Å². The molecule has 0 aliphatic rings. The third-order valence-corrected chi connectivity index (χ3v) is 2.55. The van der Waals surface area contributed by atoms with Gasteiger partial charge in [0.1, 0.15) is 0 Å². The van der Waals surface area contributed by atoms with Gasteiger partial charge in [0.15, 0.2) is 5.82 Å². The first-order chi connectivity index (χ1) is 9.16.